The van der Waals surface area contributed by atoms with Crippen molar-refractivity contribution in [1.29, 1.82) is 0 Å². The monoisotopic (exact) mass is 276 g/mol. The van der Waals surface area contributed by atoms with Gasteiger partial charge < -0.3 is 14.4 Å². The minimum atomic E-state index is -1.21. The molecule has 0 saturated heterocycles. The first kappa shape index (κ1) is 13.6. The van der Waals surface area contributed by atoms with Crippen molar-refractivity contribution in [1.82, 2.24) is 4.57 Å². The number of nitro groups is 1. The second-order valence-electron chi connectivity index (χ2n) is 4.09. The van der Waals surface area contributed by atoms with Crippen molar-refractivity contribution in [2.45, 2.75) is 6.54 Å². The van der Waals surface area contributed by atoms with Gasteiger partial charge in [0.25, 0.3) is 5.69 Å². The van der Waals surface area contributed by atoms with E-state index in [0.29, 0.717) is 5.75 Å². The van der Waals surface area contributed by atoms with Crippen LogP contribution in [0.3, 0.4) is 0 Å². The third-order valence-corrected chi connectivity index (χ3v) is 2.85. The van der Waals surface area contributed by atoms with E-state index >= 15 is 0 Å². The number of nitrogens with zero attached hydrogens (tertiary/aromatic N) is 2. The smallest absolute Gasteiger partial charge is 0.352 e. The normalized spacial score (nSPS) is 10.2. The number of ether oxygens (including phenoxy) is 1. The Labute approximate surface area is 114 Å². The number of aromatic nitrogens is 1. The van der Waals surface area contributed by atoms with Crippen LogP contribution in [0.1, 0.15) is 16.1 Å². The Morgan fingerprint density at radius 3 is 2.75 bits per heavy atom. The molecule has 0 spiro atoms. The van der Waals surface area contributed by atoms with Gasteiger partial charge in [-0.1, -0.05) is 18.2 Å². The van der Waals surface area contributed by atoms with E-state index in [1.807, 2.05) is 0 Å². The summed E-state index contributed by atoms with van der Waals surface area (Å²) in [5.74, 6) is -0.617. The van der Waals surface area contributed by atoms with Crippen LogP contribution in [0, 0.1) is 10.1 Å². The van der Waals surface area contributed by atoms with Gasteiger partial charge in [-0.2, -0.15) is 0 Å². The molecular formula is C13H12N2O5. The van der Waals surface area contributed by atoms with Crippen LogP contribution in [0.15, 0.2) is 36.5 Å². The topological polar surface area (TPSA) is 94.6 Å². The van der Waals surface area contributed by atoms with Gasteiger partial charge >= 0.3 is 5.97 Å². The van der Waals surface area contributed by atoms with Gasteiger partial charge in [-0.25, -0.2) is 4.79 Å². The maximum Gasteiger partial charge on any atom is 0.352 e. The number of aromatic carboxylic acids is 1. The van der Waals surface area contributed by atoms with Gasteiger partial charge in [0.1, 0.15) is 11.4 Å². The van der Waals surface area contributed by atoms with Crippen LogP contribution in [0.2, 0.25) is 0 Å². The number of hydrogen-bond acceptors (Lipinski definition) is 4. The number of carboxylic acids is 1. The van der Waals surface area contributed by atoms with Crippen molar-refractivity contribution in [2.24, 2.45) is 0 Å². The highest BCUT2D eigenvalue weighted by Crippen LogP contribution is 2.22. The summed E-state index contributed by atoms with van der Waals surface area (Å²) in [4.78, 5) is 21.2. The maximum atomic E-state index is 11.1. The molecule has 0 fully saturated rings. The van der Waals surface area contributed by atoms with Crippen molar-refractivity contribution >= 4 is 11.7 Å². The average Bonchev–Trinajstić information content (AvgIpc) is 2.84. The quantitative estimate of drug-likeness (QED) is 0.667. The lowest BCUT2D eigenvalue weighted by atomic mass is 10.2. The zero-order chi connectivity index (χ0) is 14.7. The van der Waals surface area contributed by atoms with Crippen LogP contribution in [0.4, 0.5) is 5.69 Å². The molecule has 0 amide bonds. The van der Waals surface area contributed by atoms with Crippen molar-refractivity contribution in [3.8, 4) is 5.75 Å². The van der Waals surface area contributed by atoms with Crippen LogP contribution in [-0.2, 0) is 6.54 Å². The summed E-state index contributed by atoms with van der Waals surface area (Å²) in [6, 6.07) is 8.14. The molecule has 1 aromatic heterocycles. The molecule has 1 aromatic carbocycles. The molecule has 1 heterocycles. The molecule has 20 heavy (non-hydrogen) atoms. The minimum absolute atomic E-state index is 0.136. The second-order valence-corrected chi connectivity index (χ2v) is 4.09. The van der Waals surface area contributed by atoms with Gasteiger partial charge in [0, 0.05) is 11.6 Å². The fraction of sp³-hybridized carbons (Fsp3) is 0.154. The Bertz CT molecular complexity index is 663. The highest BCUT2D eigenvalue weighted by atomic mass is 16.6. The first-order valence-corrected chi connectivity index (χ1v) is 5.72. The third kappa shape index (κ3) is 2.61. The number of benzene rings is 1. The Hall–Kier alpha value is -2.83. The number of para-hydroxylation sites is 1. The number of carboxylic acid groups (broad SMARTS) is 1. The number of methoxy groups -OCH3 is 1. The summed E-state index contributed by atoms with van der Waals surface area (Å²) in [7, 11) is 1.51. The highest BCUT2D eigenvalue weighted by molar-refractivity contribution is 5.87. The van der Waals surface area contributed by atoms with Gasteiger partial charge in [0.2, 0.25) is 0 Å². The maximum absolute atomic E-state index is 11.1. The van der Waals surface area contributed by atoms with Gasteiger partial charge in [0.15, 0.2) is 0 Å². The van der Waals surface area contributed by atoms with Crippen LogP contribution >= 0.6 is 0 Å². The summed E-state index contributed by atoms with van der Waals surface area (Å²) in [6.07, 6.45) is 1.20. The molecule has 104 valence electrons. The molecule has 1 N–H and O–H groups in total. The summed E-state index contributed by atoms with van der Waals surface area (Å²) in [6.45, 7) is 0.180. The summed E-state index contributed by atoms with van der Waals surface area (Å²) in [5.41, 5.74) is 0.350. The molecule has 0 radical (unpaired) electrons. The Balaban J connectivity index is 2.42. The number of rotatable bonds is 5. The lowest BCUT2D eigenvalue weighted by molar-refractivity contribution is -0.384. The molecule has 0 bridgehead atoms. The van der Waals surface area contributed by atoms with Gasteiger partial charge in [-0.15, -0.1) is 0 Å². The first-order chi connectivity index (χ1) is 9.52. The fourth-order valence-corrected chi connectivity index (χ4v) is 1.92. The van der Waals surface area contributed by atoms with Gasteiger partial charge in [-0.05, 0) is 6.07 Å². The predicted molar refractivity (Wildman–Crippen MR) is 70.1 cm³/mol. The van der Waals surface area contributed by atoms with E-state index in [0.717, 1.165) is 11.6 Å². The van der Waals surface area contributed by atoms with Crippen molar-refractivity contribution < 1.29 is 19.6 Å². The van der Waals surface area contributed by atoms with E-state index < -0.39 is 10.9 Å². The van der Waals surface area contributed by atoms with E-state index in [2.05, 4.69) is 0 Å². The lowest BCUT2D eigenvalue weighted by Gasteiger charge is -2.10. The lowest BCUT2D eigenvalue weighted by Crippen LogP contribution is -2.09. The van der Waals surface area contributed by atoms with E-state index in [4.69, 9.17) is 9.84 Å². The second kappa shape index (κ2) is 5.43. The average molecular weight is 276 g/mol. The Morgan fingerprint density at radius 1 is 1.45 bits per heavy atom. The molecule has 7 nitrogen and oxygen atoms in total. The zero-order valence-corrected chi connectivity index (χ0v) is 10.6. The highest BCUT2D eigenvalue weighted by Gasteiger charge is 2.19. The molecule has 0 unspecified atom stereocenters. The number of carbonyl (C=O) groups is 1. The first-order valence-electron chi connectivity index (χ1n) is 5.72. The largest absolute Gasteiger partial charge is 0.496 e. The van der Waals surface area contributed by atoms with Crippen LogP contribution < -0.4 is 4.74 Å². The standard InChI is InChI=1S/C13H12N2O5/c1-20-12-5-3-2-4-9(12)7-14-8-10(15(18)19)6-11(14)13(16)17/h2-6,8H,7H2,1H3,(H,16,17). The molecule has 0 saturated carbocycles. The molecule has 0 aliphatic heterocycles. The third-order valence-electron chi connectivity index (χ3n) is 2.85. The van der Waals surface area contributed by atoms with Crippen LogP contribution in [-0.4, -0.2) is 27.7 Å². The molecule has 0 atom stereocenters. The molecule has 7 heteroatoms. The molecule has 2 aromatic rings. The molecule has 0 aliphatic rings. The van der Waals surface area contributed by atoms with Crippen molar-refractivity contribution in [3.05, 3.63) is 57.9 Å². The molecule has 2 rings (SSSR count). The Morgan fingerprint density at radius 2 is 2.15 bits per heavy atom. The summed E-state index contributed by atoms with van der Waals surface area (Å²) < 4.78 is 6.50. The summed E-state index contributed by atoms with van der Waals surface area (Å²) in [5, 5.41) is 19.8. The van der Waals surface area contributed by atoms with Gasteiger partial charge in [-0.3, -0.25) is 10.1 Å². The molecule has 0 aliphatic carbocycles. The van der Waals surface area contributed by atoms with Crippen molar-refractivity contribution in [3.63, 3.8) is 0 Å². The van der Waals surface area contributed by atoms with E-state index in [1.165, 1.54) is 17.9 Å². The van der Waals surface area contributed by atoms with E-state index in [1.54, 1.807) is 24.3 Å². The van der Waals surface area contributed by atoms with Crippen LogP contribution in [0.25, 0.3) is 0 Å². The minimum Gasteiger partial charge on any atom is -0.496 e. The predicted octanol–water partition coefficient (Wildman–Crippen LogP) is 2.15. The van der Waals surface area contributed by atoms with Crippen molar-refractivity contribution in [2.75, 3.05) is 7.11 Å². The Kier molecular flexibility index (Phi) is 3.69. The zero-order valence-electron chi connectivity index (χ0n) is 10.6. The van der Waals surface area contributed by atoms with Crippen LogP contribution in [0.5, 0.6) is 5.75 Å². The van der Waals surface area contributed by atoms with Gasteiger partial charge in [0.05, 0.1) is 24.8 Å². The summed E-state index contributed by atoms with van der Waals surface area (Å²) >= 11 is 0. The van der Waals surface area contributed by atoms with E-state index in [9.17, 15) is 14.9 Å². The van der Waals surface area contributed by atoms with E-state index in [-0.39, 0.29) is 17.9 Å². The SMILES string of the molecule is COc1ccccc1Cn1cc([N+](=O)[O-])cc1C(=O)O. The molecular weight excluding hydrogens is 264 g/mol. The number of hydrogen-bond donors (Lipinski definition) is 1. The fourth-order valence-electron chi connectivity index (χ4n) is 1.92.